The summed E-state index contributed by atoms with van der Waals surface area (Å²) in [4.78, 5) is 4.36. The summed E-state index contributed by atoms with van der Waals surface area (Å²) in [6.07, 6.45) is 5.77. The smallest absolute Gasteiger partial charge is 0.211 e. The van der Waals surface area contributed by atoms with Crippen LogP contribution in [0.25, 0.3) is 10.6 Å². The molecule has 0 radical (unpaired) electrons. The van der Waals surface area contributed by atoms with E-state index in [2.05, 4.69) is 39.3 Å². The lowest BCUT2D eigenvalue weighted by Crippen LogP contribution is -2.39. The molecule has 0 unspecified atom stereocenters. The molecule has 1 heterocycles. The molecule has 1 aliphatic rings. The number of sulfonamides is 1. The molecule has 0 aliphatic heterocycles. The minimum Gasteiger partial charge on any atom is -0.385 e. The van der Waals surface area contributed by atoms with Gasteiger partial charge in [-0.25, -0.2) is 18.1 Å². The van der Waals surface area contributed by atoms with Crippen LogP contribution in [0.2, 0.25) is 0 Å². The first-order valence-corrected chi connectivity index (χ1v) is 11.3. The van der Waals surface area contributed by atoms with Crippen LogP contribution in [-0.2, 0) is 10.0 Å². The highest BCUT2D eigenvalue weighted by Gasteiger charge is 2.23. The van der Waals surface area contributed by atoms with Crippen LogP contribution in [0, 0.1) is 5.92 Å². The van der Waals surface area contributed by atoms with Crippen LogP contribution in [0.3, 0.4) is 0 Å². The van der Waals surface area contributed by atoms with Crippen LogP contribution >= 0.6 is 23.7 Å². The molecule has 3 rings (SSSR count). The van der Waals surface area contributed by atoms with E-state index in [-0.39, 0.29) is 24.2 Å². The molecule has 8 heteroatoms. The summed E-state index contributed by atoms with van der Waals surface area (Å²) in [5.74, 6) is 0.745. The lowest BCUT2D eigenvalue weighted by molar-refractivity contribution is 0.324. The van der Waals surface area contributed by atoms with Gasteiger partial charge in [0, 0.05) is 35.4 Å². The molecular weight excluding hydrogens is 390 g/mol. The molecule has 0 amide bonds. The zero-order valence-corrected chi connectivity index (χ0v) is 17.3. The first-order valence-electron chi connectivity index (χ1n) is 8.79. The van der Waals surface area contributed by atoms with E-state index < -0.39 is 10.0 Å². The van der Waals surface area contributed by atoms with Gasteiger partial charge in [0.05, 0.1) is 5.75 Å². The third kappa shape index (κ3) is 5.94. The van der Waals surface area contributed by atoms with Crippen molar-refractivity contribution in [3.8, 4) is 10.6 Å². The van der Waals surface area contributed by atoms with Gasteiger partial charge in [-0.2, -0.15) is 0 Å². The minimum atomic E-state index is -3.09. The molecule has 1 saturated carbocycles. The van der Waals surface area contributed by atoms with Crippen LogP contribution in [0.1, 0.15) is 32.6 Å². The van der Waals surface area contributed by atoms with Gasteiger partial charge < -0.3 is 5.32 Å². The lowest BCUT2D eigenvalue weighted by Gasteiger charge is -2.29. The minimum absolute atomic E-state index is 0. The number of aromatic nitrogens is 1. The number of hydrogen-bond acceptors (Lipinski definition) is 5. The number of benzene rings is 1. The third-order valence-corrected chi connectivity index (χ3v) is 6.98. The van der Waals surface area contributed by atoms with Crippen LogP contribution in [0.15, 0.2) is 35.8 Å². The van der Waals surface area contributed by atoms with E-state index in [1.807, 2.05) is 11.6 Å². The summed E-state index contributed by atoms with van der Waals surface area (Å²) < 4.78 is 26.1. The molecule has 2 aromatic rings. The molecule has 2 N–H and O–H groups in total. The predicted octanol–water partition coefficient (Wildman–Crippen LogP) is 4.14. The molecule has 1 aromatic carbocycles. The van der Waals surface area contributed by atoms with Crippen molar-refractivity contribution in [2.45, 2.75) is 38.6 Å². The summed E-state index contributed by atoms with van der Waals surface area (Å²) in [6.45, 7) is 2.60. The van der Waals surface area contributed by atoms with E-state index in [4.69, 9.17) is 0 Å². The fourth-order valence-corrected chi connectivity index (χ4v) is 4.76. The van der Waals surface area contributed by atoms with Crippen LogP contribution in [-0.4, -0.2) is 31.7 Å². The second kappa shape index (κ2) is 9.69. The number of halogens is 1. The number of nitrogens with zero attached hydrogens (tertiary/aromatic N) is 1. The Morgan fingerprint density at radius 1 is 1.23 bits per heavy atom. The van der Waals surface area contributed by atoms with Gasteiger partial charge in [0.25, 0.3) is 0 Å². The Morgan fingerprint density at radius 3 is 2.65 bits per heavy atom. The Balaban J connectivity index is 0.00000243. The quantitative estimate of drug-likeness (QED) is 0.712. The van der Waals surface area contributed by atoms with Crippen molar-refractivity contribution in [2.75, 3.05) is 17.6 Å². The number of rotatable bonds is 7. The third-order valence-electron chi connectivity index (χ3n) is 4.71. The van der Waals surface area contributed by atoms with Gasteiger partial charge in [-0.3, -0.25) is 0 Å². The zero-order valence-electron chi connectivity index (χ0n) is 14.8. The van der Waals surface area contributed by atoms with Crippen molar-refractivity contribution in [1.82, 2.24) is 9.71 Å². The maximum Gasteiger partial charge on any atom is 0.211 e. The van der Waals surface area contributed by atoms with Crippen LogP contribution in [0.4, 0.5) is 5.69 Å². The monoisotopic (exact) mass is 415 g/mol. The SMILES string of the molecule is CCS(=O)(=O)NC1CCC(CNc2cccc(-c3nccs3)c2)CC1.Cl. The largest absolute Gasteiger partial charge is 0.385 e. The fourth-order valence-electron chi connectivity index (χ4n) is 3.21. The lowest BCUT2D eigenvalue weighted by atomic mass is 9.86. The van der Waals surface area contributed by atoms with Gasteiger partial charge >= 0.3 is 0 Å². The molecule has 1 fully saturated rings. The first-order chi connectivity index (χ1) is 12.1. The Hall–Kier alpha value is -1.15. The van der Waals surface area contributed by atoms with Crippen molar-refractivity contribution in [3.63, 3.8) is 0 Å². The standard InChI is InChI=1S/C18H25N3O2S2.ClH/c1-2-25(22,23)21-16-8-6-14(7-9-16)13-20-17-5-3-4-15(12-17)18-19-10-11-24-18;/h3-5,10-12,14,16,20-21H,2,6-9,13H2,1H3;1H. The summed E-state index contributed by atoms with van der Waals surface area (Å²) in [5, 5.41) is 6.55. The molecule has 0 bridgehead atoms. The number of anilines is 1. The van der Waals surface area contributed by atoms with E-state index >= 15 is 0 Å². The van der Waals surface area contributed by atoms with Crippen LogP contribution in [0.5, 0.6) is 0 Å². The van der Waals surface area contributed by atoms with E-state index in [1.54, 1.807) is 18.3 Å². The van der Waals surface area contributed by atoms with Gasteiger partial charge in [-0.05, 0) is 50.7 Å². The Kier molecular flexibility index (Phi) is 7.88. The van der Waals surface area contributed by atoms with E-state index in [0.29, 0.717) is 5.92 Å². The Morgan fingerprint density at radius 2 is 2.00 bits per heavy atom. The van der Waals surface area contributed by atoms with Gasteiger partial charge in [-0.15, -0.1) is 23.7 Å². The van der Waals surface area contributed by atoms with Gasteiger partial charge in [0.1, 0.15) is 5.01 Å². The highest BCUT2D eigenvalue weighted by Crippen LogP contribution is 2.27. The summed E-state index contributed by atoms with van der Waals surface area (Å²) in [5.41, 5.74) is 2.25. The predicted molar refractivity (Wildman–Crippen MR) is 112 cm³/mol. The molecule has 0 atom stereocenters. The highest BCUT2D eigenvalue weighted by molar-refractivity contribution is 7.89. The van der Waals surface area contributed by atoms with Crippen molar-refractivity contribution >= 4 is 39.5 Å². The molecular formula is C18H26ClN3O2S2. The van der Waals surface area contributed by atoms with E-state index in [0.717, 1.165) is 48.5 Å². The molecule has 0 spiro atoms. The van der Waals surface area contributed by atoms with Gasteiger partial charge in [-0.1, -0.05) is 12.1 Å². The fraction of sp³-hybridized carbons (Fsp3) is 0.500. The van der Waals surface area contributed by atoms with Gasteiger partial charge in [0.15, 0.2) is 0 Å². The van der Waals surface area contributed by atoms with Crippen molar-refractivity contribution in [2.24, 2.45) is 5.92 Å². The number of thiazole rings is 1. The Bertz CT molecular complexity index is 773. The maximum absolute atomic E-state index is 11.7. The average Bonchev–Trinajstić information content (AvgIpc) is 3.16. The number of hydrogen-bond donors (Lipinski definition) is 2. The summed E-state index contributed by atoms with van der Waals surface area (Å²) in [6, 6.07) is 8.46. The van der Waals surface area contributed by atoms with Gasteiger partial charge in [0.2, 0.25) is 10.0 Å². The first kappa shape index (κ1) is 21.2. The van der Waals surface area contributed by atoms with Crippen molar-refractivity contribution in [1.29, 1.82) is 0 Å². The average molecular weight is 416 g/mol. The van der Waals surface area contributed by atoms with E-state index in [1.165, 1.54) is 0 Å². The molecule has 144 valence electrons. The molecule has 0 saturated heterocycles. The summed E-state index contributed by atoms with van der Waals surface area (Å²) in [7, 11) is -3.09. The number of nitrogens with one attached hydrogen (secondary N) is 2. The van der Waals surface area contributed by atoms with Crippen LogP contribution < -0.4 is 10.0 Å². The zero-order chi connectivity index (χ0) is 17.7. The van der Waals surface area contributed by atoms with Crippen molar-refractivity contribution in [3.05, 3.63) is 35.8 Å². The Labute approximate surface area is 166 Å². The highest BCUT2D eigenvalue weighted by atomic mass is 35.5. The second-order valence-corrected chi connectivity index (χ2v) is 9.48. The topological polar surface area (TPSA) is 71.1 Å². The van der Waals surface area contributed by atoms with Crippen molar-refractivity contribution < 1.29 is 8.42 Å². The second-order valence-electron chi connectivity index (χ2n) is 6.54. The normalized spacial score (nSPS) is 20.3. The molecule has 1 aromatic heterocycles. The molecule has 26 heavy (non-hydrogen) atoms. The van der Waals surface area contributed by atoms with E-state index in [9.17, 15) is 8.42 Å². The summed E-state index contributed by atoms with van der Waals surface area (Å²) >= 11 is 1.64. The molecule has 1 aliphatic carbocycles. The maximum atomic E-state index is 11.7. The molecule has 5 nitrogen and oxygen atoms in total.